The zero-order chi connectivity index (χ0) is 17.9. The normalized spacial score (nSPS) is 12.2. The summed E-state index contributed by atoms with van der Waals surface area (Å²) in [6, 6.07) is 2.74. The Kier molecular flexibility index (Phi) is 5.33. The molecule has 0 spiro atoms. The molecule has 7 nitrogen and oxygen atoms in total. The fourth-order valence-electron chi connectivity index (χ4n) is 2.27. The van der Waals surface area contributed by atoms with E-state index in [2.05, 4.69) is 20.3 Å². The van der Waals surface area contributed by atoms with Crippen molar-refractivity contribution >= 4 is 11.8 Å². The third-order valence-electron chi connectivity index (χ3n) is 3.76. The maximum atomic E-state index is 11.8. The van der Waals surface area contributed by atoms with Gasteiger partial charge in [-0.2, -0.15) is 0 Å². The molecule has 1 unspecified atom stereocenters. The van der Waals surface area contributed by atoms with E-state index in [4.69, 9.17) is 0 Å². The van der Waals surface area contributed by atoms with Crippen LogP contribution >= 0.6 is 0 Å². The van der Waals surface area contributed by atoms with E-state index in [0.717, 1.165) is 0 Å². The average molecular weight is 330 g/mol. The van der Waals surface area contributed by atoms with E-state index in [9.17, 15) is 14.7 Å². The molecule has 2 rings (SSSR count). The summed E-state index contributed by atoms with van der Waals surface area (Å²) in [5.41, 5.74) is 1.74. The fourth-order valence-corrected chi connectivity index (χ4v) is 2.27. The highest BCUT2D eigenvalue weighted by Crippen LogP contribution is 2.17. The lowest BCUT2D eigenvalue weighted by Gasteiger charge is -2.17. The maximum Gasteiger partial charge on any atom is 0.326 e. The van der Waals surface area contributed by atoms with E-state index in [1.54, 1.807) is 32.2 Å². The first kappa shape index (κ1) is 17.7. The molecule has 0 amide bonds. The molecule has 24 heavy (non-hydrogen) atoms. The van der Waals surface area contributed by atoms with Gasteiger partial charge in [0, 0.05) is 23.0 Å². The molecule has 0 bridgehead atoms. The number of pyridine rings is 1. The zero-order valence-electron chi connectivity index (χ0n) is 14.3. The van der Waals surface area contributed by atoms with Crippen molar-refractivity contribution < 1.29 is 9.90 Å². The molecule has 3 N–H and O–H groups in total. The van der Waals surface area contributed by atoms with Crippen LogP contribution in [0.25, 0.3) is 11.4 Å². The van der Waals surface area contributed by atoms with Gasteiger partial charge in [-0.3, -0.25) is 4.79 Å². The van der Waals surface area contributed by atoms with E-state index in [1.807, 2.05) is 13.8 Å². The van der Waals surface area contributed by atoms with Crippen LogP contribution in [0.4, 0.5) is 5.82 Å². The third-order valence-corrected chi connectivity index (χ3v) is 3.76. The molecular weight excluding hydrogens is 308 g/mol. The van der Waals surface area contributed by atoms with Crippen LogP contribution in [0.3, 0.4) is 0 Å². The van der Waals surface area contributed by atoms with Crippen LogP contribution in [0.5, 0.6) is 0 Å². The van der Waals surface area contributed by atoms with Crippen LogP contribution in [0.15, 0.2) is 23.1 Å². The fraction of sp³-hybridized carbons (Fsp3) is 0.412. The minimum atomic E-state index is -0.908. The van der Waals surface area contributed by atoms with Gasteiger partial charge in [-0.25, -0.2) is 14.8 Å². The highest BCUT2D eigenvalue weighted by atomic mass is 16.4. The number of H-pyrrole nitrogens is 1. The number of aromatic nitrogens is 3. The minimum absolute atomic E-state index is 0.178. The van der Waals surface area contributed by atoms with Gasteiger partial charge >= 0.3 is 5.97 Å². The van der Waals surface area contributed by atoms with Gasteiger partial charge in [0.05, 0.1) is 0 Å². The summed E-state index contributed by atoms with van der Waals surface area (Å²) in [6.45, 7) is 7.43. The lowest BCUT2D eigenvalue weighted by Crippen LogP contribution is -2.31. The van der Waals surface area contributed by atoms with Crippen LogP contribution in [0, 0.1) is 19.8 Å². The van der Waals surface area contributed by atoms with Gasteiger partial charge in [0.15, 0.2) is 0 Å². The van der Waals surface area contributed by atoms with Gasteiger partial charge in [0.1, 0.15) is 17.7 Å². The van der Waals surface area contributed by atoms with E-state index < -0.39 is 12.0 Å². The highest BCUT2D eigenvalue weighted by Gasteiger charge is 2.19. The van der Waals surface area contributed by atoms with Gasteiger partial charge < -0.3 is 15.4 Å². The number of carbonyl (C=O) groups is 1. The summed E-state index contributed by atoms with van der Waals surface area (Å²) < 4.78 is 0. The van der Waals surface area contributed by atoms with Crippen molar-refractivity contribution in [3.63, 3.8) is 0 Å². The number of carboxylic acids is 1. The smallest absolute Gasteiger partial charge is 0.326 e. The first-order valence-corrected chi connectivity index (χ1v) is 7.81. The predicted molar refractivity (Wildman–Crippen MR) is 92.1 cm³/mol. The molecule has 0 saturated heterocycles. The van der Waals surface area contributed by atoms with Gasteiger partial charge in [-0.15, -0.1) is 0 Å². The Balaban J connectivity index is 2.21. The highest BCUT2D eigenvalue weighted by molar-refractivity contribution is 5.77. The van der Waals surface area contributed by atoms with Gasteiger partial charge in [-0.1, -0.05) is 13.8 Å². The number of hydrogen-bond acceptors (Lipinski definition) is 5. The van der Waals surface area contributed by atoms with Gasteiger partial charge in [0.2, 0.25) is 0 Å². The molecule has 0 fully saturated rings. The summed E-state index contributed by atoms with van der Waals surface area (Å²) in [4.78, 5) is 34.4. The largest absolute Gasteiger partial charge is 0.480 e. The molecule has 2 heterocycles. The monoisotopic (exact) mass is 330 g/mol. The van der Waals surface area contributed by atoms with E-state index in [1.165, 1.54) is 0 Å². The second kappa shape index (κ2) is 7.25. The van der Waals surface area contributed by atoms with Crippen molar-refractivity contribution in [3.05, 3.63) is 39.9 Å². The van der Waals surface area contributed by atoms with E-state index in [0.29, 0.717) is 34.9 Å². The number of rotatable bonds is 6. The maximum absolute atomic E-state index is 11.8. The summed E-state index contributed by atoms with van der Waals surface area (Å²) in [7, 11) is 0. The molecule has 128 valence electrons. The Morgan fingerprint density at radius 3 is 2.54 bits per heavy atom. The lowest BCUT2D eigenvalue weighted by atomic mass is 10.0. The van der Waals surface area contributed by atoms with E-state index in [-0.39, 0.29) is 11.5 Å². The molecule has 0 aliphatic rings. The molecule has 0 aliphatic heterocycles. The number of anilines is 1. The summed E-state index contributed by atoms with van der Waals surface area (Å²) in [6.07, 6.45) is 2.06. The molecular formula is C17H22N4O3. The SMILES string of the molecule is Cc1nc(-c2ccc(NC(CC(C)C)C(=O)O)nc2)[nH]c(=O)c1C. The molecule has 0 saturated carbocycles. The topological polar surface area (TPSA) is 108 Å². The first-order chi connectivity index (χ1) is 11.3. The lowest BCUT2D eigenvalue weighted by molar-refractivity contribution is -0.138. The van der Waals surface area contributed by atoms with Crippen LogP contribution in [0.2, 0.25) is 0 Å². The molecule has 0 radical (unpaired) electrons. The number of carboxylic acid groups (broad SMARTS) is 1. The molecule has 2 aromatic heterocycles. The number of hydrogen-bond donors (Lipinski definition) is 3. The number of nitrogens with one attached hydrogen (secondary N) is 2. The molecule has 0 aromatic carbocycles. The van der Waals surface area contributed by atoms with E-state index >= 15 is 0 Å². The number of aromatic amines is 1. The number of nitrogens with zero attached hydrogens (tertiary/aromatic N) is 2. The minimum Gasteiger partial charge on any atom is -0.480 e. The van der Waals surface area contributed by atoms with Crippen molar-refractivity contribution in [1.29, 1.82) is 0 Å². The van der Waals surface area contributed by atoms with Crippen LogP contribution < -0.4 is 10.9 Å². The molecule has 1 atom stereocenters. The van der Waals surface area contributed by atoms with Crippen LogP contribution in [-0.2, 0) is 4.79 Å². The Hall–Kier alpha value is -2.70. The van der Waals surface area contributed by atoms with Crippen LogP contribution in [-0.4, -0.2) is 32.1 Å². The van der Waals surface area contributed by atoms with Crippen LogP contribution in [0.1, 0.15) is 31.5 Å². The zero-order valence-corrected chi connectivity index (χ0v) is 14.3. The Bertz CT molecular complexity index is 781. The van der Waals surface area contributed by atoms with Gasteiger partial charge in [-0.05, 0) is 38.3 Å². The summed E-state index contributed by atoms with van der Waals surface area (Å²) in [5, 5.41) is 12.2. The summed E-state index contributed by atoms with van der Waals surface area (Å²) in [5.74, 6) is 0.259. The van der Waals surface area contributed by atoms with Gasteiger partial charge in [0.25, 0.3) is 5.56 Å². The molecule has 7 heteroatoms. The number of aryl methyl sites for hydroxylation is 1. The standard InChI is InChI=1S/C17H22N4O3/c1-9(2)7-13(17(23)24)20-14-6-5-12(8-18-14)15-19-11(4)10(3)16(22)21-15/h5-6,8-9,13H,7H2,1-4H3,(H,18,20)(H,23,24)(H,19,21,22). The average Bonchev–Trinajstić information content (AvgIpc) is 2.51. The predicted octanol–water partition coefficient (Wildman–Crippen LogP) is 2.36. The third kappa shape index (κ3) is 4.18. The Morgan fingerprint density at radius 1 is 1.33 bits per heavy atom. The summed E-state index contributed by atoms with van der Waals surface area (Å²) >= 11 is 0. The van der Waals surface area contributed by atoms with Crippen molar-refractivity contribution in [2.45, 2.75) is 40.2 Å². The number of aliphatic carboxylic acids is 1. The second-order valence-corrected chi connectivity index (χ2v) is 6.22. The quantitative estimate of drug-likeness (QED) is 0.750. The second-order valence-electron chi connectivity index (χ2n) is 6.22. The van der Waals surface area contributed by atoms with Crippen molar-refractivity contribution in [1.82, 2.24) is 15.0 Å². The molecule has 2 aromatic rings. The van der Waals surface area contributed by atoms with Crippen molar-refractivity contribution in [2.75, 3.05) is 5.32 Å². The Labute approximate surface area is 140 Å². The Morgan fingerprint density at radius 2 is 2.04 bits per heavy atom. The van der Waals surface area contributed by atoms with Crippen molar-refractivity contribution in [3.8, 4) is 11.4 Å². The van der Waals surface area contributed by atoms with Crippen molar-refractivity contribution in [2.24, 2.45) is 5.92 Å². The molecule has 0 aliphatic carbocycles. The first-order valence-electron chi connectivity index (χ1n) is 7.81.